The van der Waals surface area contributed by atoms with Crippen LogP contribution in [0.4, 0.5) is 0 Å². The lowest BCUT2D eigenvalue weighted by Gasteiger charge is -2.34. The van der Waals surface area contributed by atoms with E-state index < -0.39 is 10.0 Å². The molecule has 1 fully saturated rings. The summed E-state index contributed by atoms with van der Waals surface area (Å²) in [4.78, 5) is 4.63. The zero-order chi connectivity index (χ0) is 17.0. The van der Waals surface area contributed by atoms with E-state index in [-0.39, 0.29) is 4.90 Å². The van der Waals surface area contributed by atoms with Crippen molar-refractivity contribution in [2.75, 3.05) is 60.5 Å². The van der Waals surface area contributed by atoms with E-state index >= 15 is 0 Å². The fraction of sp³-hybridized carbons (Fsp3) is 0.600. The van der Waals surface area contributed by atoms with Crippen molar-refractivity contribution < 1.29 is 13.2 Å². The second-order valence-corrected chi connectivity index (χ2v) is 8.19. The summed E-state index contributed by atoms with van der Waals surface area (Å²) >= 11 is 6.05. The van der Waals surface area contributed by atoms with E-state index in [0.717, 1.165) is 26.2 Å². The highest BCUT2D eigenvalue weighted by Gasteiger charge is 2.28. The van der Waals surface area contributed by atoms with Crippen LogP contribution in [0.5, 0.6) is 5.75 Å². The molecular formula is C15H24ClN3O3S. The molecule has 23 heavy (non-hydrogen) atoms. The molecule has 130 valence electrons. The van der Waals surface area contributed by atoms with Crippen molar-refractivity contribution in [2.24, 2.45) is 0 Å². The lowest BCUT2D eigenvalue weighted by molar-refractivity contribution is 0.174. The minimum absolute atomic E-state index is 0.213. The summed E-state index contributed by atoms with van der Waals surface area (Å²) in [5.74, 6) is 0.471. The number of nitrogens with zero attached hydrogens (tertiary/aromatic N) is 3. The molecule has 0 N–H and O–H groups in total. The number of likely N-dealkylation sites (N-methyl/N-ethyl adjacent to an activating group) is 1. The van der Waals surface area contributed by atoms with Crippen LogP contribution in [0.15, 0.2) is 23.1 Å². The average molecular weight is 362 g/mol. The molecule has 1 heterocycles. The van der Waals surface area contributed by atoms with Crippen LogP contribution in [0, 0.1) is 0 Å². The van der Waals surface area contributed by atoms with Crippen molar-refractivity contribution >= 4 is 21.6 Å². The number of halogens is 1. The van der Waals surface area contributed by atoms with Gasteiger partial charge >= 0.3 is 0 Å². The molecule has 6 nitrogen and oxygen atoms in total. The molecule has 0 bridgehead atoms. The average Bonchev–Trinajstić information content (AvgIpc) is 2.53. The molecule has 0 spiro atoms. The number of sulfonamides is 1. The molecule has 0 atom stereocenters. The molecule has 1 aliphatic heterocycles. The van der Waals surface area contributed by atoms with Gasteiger partial charge in [0.1, 0.15) is 5.75 Å². The third kappa shape index (κ3) is 4.58. The van der Waals surface area contributed by atoms with Crippen LogP contribution < -0.4 is 4.74 Å². The van der Waals surface area contributed by atoms with Crippen LogP contribution in [-0.2, 0) is 10.0 Å². The zero-order valence-corrected chi connectivity index (χ0v) is 15.4. The largest absolute Gasteiger partial charge is 0.495 e. The summed E-state index contributed by atoms with van der Waals surface area (Å²) < 4.78 is 32.0. The predicted octanol–water partition coefficient (Wildman–Crippen LogP) is 1.22. The fourth-order valence-electron chi connectivity index (χ4n) is 2.49. The number of hydrogen-bond donors (Lipinski definition) is 0. The second kappa shape index (κ2) is 7.81. The summed E-state index contributed by atoms with van der Waals surface area (Å²) in [6.07, 6.45) is 0. The third-order valence-corrected chi connectivity index (χ3v) is 6.15. The highest BCUT2D eigenvalue weighted by Crippen LogP contribution is 2.28. The lowest BCUT2D eigenvalue weighted by atomic mass is 10.3. The Morgan fingerprint density at radius 1 is 1.22 bits per heavy atom. The standard InChI is InChI=1S/C15H24ClN3O3S/c1-17(2)6-7-18-8-10-19(11-9-18)23(20,21)13-4-5-15(22-3)14(16)12-13/h4-5,12H,6-11H2,1-3H3. The Kier molecular flexibility index (Phi) is 6.27. The Bertz CT molecular complexity index is 629. The van der Waals surface area contributed by atoms with E-state index in [1.165, 1.54) is 17.5 Å². The molecule has 1 aromatic carbocycles. The van der Waals surface area contributed by atoms with Crippen LogP contribution in [-0.4, -0.2) is 83.0 Å². The first kappa shape index (κ1) is 18.5. The minimum Gasteiger partial charge on any atom is -0.495 e. The summed E-state index contributed by atoms with van der Waals surface area (Å²) in [6, 6.07) is 4.58. The maximum atomic E-state index is 12.7. The quantitative estimate of drug-likeness (QED) is 0.762. The van der Waals surface area contributed by atoms with Crippen molar-refractivity contribution in [3.8, 4) is 5.75 Å². The molecule has 1 aliphatic rings. The van der Waals surface area contributed by atoms with E-state index in [1.54, 1.807) is 12.1 Å². The third-order valence-electron chi connectivity index (χ3n) is 3.96. The molecule has 0 radical (unpaired) electrons. The molecular weight excluding hydrogens is 338 g/mol. The molecule has 0 saturated carbocycles. The van der Waals surface area contributed by atoms with Crippen molar-refractivity contribution in [1.29, 1.82) is 0 Å². The Balaban J connectivity index is 2.03. The molecule has 0 aliphatic carbocycles. The lowest BCUT2D eigenvalue weighted by Crippen LogP contribution is -2.49. The van der Waals surface area contributed by atoms with Crippen molar-refractivity contribution in [1.82, 2.24) is 14.1 Å². The zero-order valence-electron chi connectivity index (χ0n) is 13.8. The van der Waals surface area contributed by atoms with Gasteiger partial charge in [-0.15, -0.1) is 0 Å². The van der Waals surface area contributed by atoms with Crippen molar-refractivity contribution in [2.45, 2.75) is 4.90 Å². The van der Waals surface area contributed by atoms with Gasteiger partial charge in [0.2, 0.25) is 10.0 Å². The van der Waals surface area contributed by atoms with Gasteiger partial charge in [0, 0.05) is 39.3 Å². The maximum absolute atomic E-state index is 12.7. The van der Waals surface area contributed by atoms with Crippen molar-refractivity contribution in [3.63, 3.8) is 0 Å². The van der Waals surface area contributed by atoms with Gasteiger partial charge in [0.15, 0.2) is 0 Å². The van der Waals surface area contributed by atoms with Gasteiger partial charge in [-0.25, -0.2) is 8.42 Å². The number of ether oxygens (including phenoxy) is 1. The normalized spacial score (nSPS) is 17.6. The van der Waals surface area contributed by atoms with Crippen LogP contribution in [0.1, 0.15) is 0 Å². The highest BCUT2D eigenvalue weighted by atomic mass is 35.5. The number of rotatable bonds is 6. The van der Waals surface area contributed by atoms with Crippen LogP contribution in [0.2, 0.25) is 5.02 Å². The second-order valence-electron chi connectivity index (χ2n) is 5.85. The maximum Gasteiger partial charge on any atom is 0.243 e. The number of piperazine rings is 1. The summed E-state index contributed by atoms with van der Waals surface area (Å²) in [5.41, 5.74) is 0. The topological polar surface area (TPSA) is 53.1 Å². The van der Waals surface area contributed by atoms with Gasteiger partial charge in [-0.05, 0) is 32.3 Å². The van der Waals surface area contributed by atoms with E-state index in [4.69, 9.17) is 16.3 Å². The summed E-state index contributed by atoms with van der Waals surface area (Å²) in [6.45, 7) is 4.42. The molecule has 1 aromatic rings. The first-order valence-electron chi connectivity index (χ1n) is 7.55. The monoisotopic (exact) mass is 361 g/mol. The molecule has 1 saturated heterocycles. The summed E-state index contributed by atoms with van der Waals surface area (Å²) in [5, 5.41) is 0.304. The Hall–Kier alpha value is -0.860. The van der Waals surface area contributed by atoms with E-state index in [1.807, 2.05) is 14.1 Å². The molecule has 8 heteroatoms. The number of benzene rings is 1. The van der Waals surface area contributed by atoms with Crippen molar-refractivity contribution in [3.05, 3.63) is 23.2 Å². The van der Waals surface area contributed by atoms with Gasteiger partial charge in [0.25, 0.3) is 0 Å². The first-order chi connectivity index (χ1) is 10.8. The van der Waals surface area contributed by atoms with Crippen LogP contribution >= 0.6 is 11.6 Å². The van der Waals surface area contributed by atoms with Crippen LogP contribution in [0.3, 0.4) is 0 Å². The first-order valence-corrected chi connectivity index (χ1v) is 9.37. The van der Waals surface area contributed by atoms with Gasteiger partial charge in [0.05, 0.1) is 17.0 Å². The van der Waals surface area contributed by atoms with Gasteiger partial charge in [-0.2, -0.15) is 4.31 Å². The minimum atomic E-state index is -3.51. The van der Waals surface area contributed by atoms with Gasteiger partial charge < -0.3 is 9.64 Å². The fourth-order valence-corrected chi connectivity index (χ4v) is 4.26. The number of methoxy groups -OCH3 is 1. The van der Waals surface area contributed by atoms with Gasteiger partial charge in [-0.3, -0.25) is 4.90 Å². The molecule has 0 amide bonds. The van der Waals surface area contributed by atoms with E-state index in [0.29, 0.717) is 23.9 Å². The van der Waals surface area contributed by atoms with Gasteiger partial charge in [-0.1, -0.05) is 11.6 Å². The summed E-state index contributed by atoms with van der Waals surface area (Å²) in [7, 11) is 2.07. The highest BCUT2D eigenvalue weighted by molar-refractivity contribution is 7.89. The number of hydrogen-bond acceptors (Lipinski definition) is 5. The molecule has 0 aromatic heterocycles. The SMILES string of the molecule is COc1ccc(S(=O)(=O)N2CCN(CCN(C)C)CC2)cc1Cl. The Labute approximate surface area is 143 Å². The smallest absolute Gasteiger partial charge is 0.243 e. The van der Waals surface area contributed by atoms with Crippen LogP contribution in [0.25, 0.3) is 0 Å². The molecule has 2 rings (SSSR count). The molecule has 0 unspecified atom stereocenters. The van der Waals surface area contributed by atoms with E-state index in [2.05, 4.69) is 9.80 Å². The predicted molar refractivity (Wildman–Crippen MR) is 91.8 cm³/mol. The van der Waals surface area contributed by atoms with E-state index in [9.17, 15) is 8.42 Å². The Morgan fingerprint density at radius 3 is 2.39 bits per heavy atom. The Morgan fingerprint density at radius 2 is 1.87 bits per heavy atom.